The Labute approximate surface area is 108 Å². The smallest absolute Gasteiger partial charge is 0.254 e. The quantitative estimate of drug-likeness (QED) is 0.850. The molecule has 1 atom stereocenters. The van der Waals surface area contributed by atoms with E-state index in [1.54, 1.807) is 0 Å². The van der Waals surface area contributed by atoms with Crippen molar-refractivity contribution in [2.24, 2.45) is 0 Å². The zero-order chi connectivity index (χ0) is 13.1. The largest absolute Gasteiger partial charge is 0.346 e. The molecule has 0 radical (unpaired) electrons. The number of alkyl halides is 1. The standard InChI is InChI=1S/C12H14BrF2NO/c1-3-12(2,7-13)16-11(17)9-5-4-8(14)6-10(9)15/h4-6H,3,7H2,1-2H3,(H,16,17). The molecule has 1 aromatic carbocycles. The van der Waals surface area contributed by atoms with Gasteiger partial charge in [-0.3, -0.25) is 4.79 Å². The van der Waals surface area contributed by atoms with Gasteiger partial charge < -0.3 is 5.32 Å². The lowest BCUT2D eigenvalue weighted by molar-refractivity contribution is 0.0909. The summed E-state index contributed by atoms with van der Waals surface area (Å²) in [7, 11) is 0. The lowest BCUT2D eigenvalue weighted by Crippen LogP contribution is -2.47. The summed E-state index contributed by atoms with van der Waals surface area (Å²) in [5, 5.41) is 3.28. The fourth-order valence-electron chi connectivity index (χ4n) is 1.23. The number of halogens is 3. The molecule has 1 N–H and O–H groups in total. The lowest BCUT2D eigenvalue weighted by atomic mass is 10.0. The van der Waals surface area contributed by atoms with Crippen molar-refractivity contribution in [3.8, 4) is 0 Å². The predicted molar refractivity (Wildman–Crippen MR) is 66.3 cm³/mol. The van der Waals surface area contributed by atoms with Crippen molar-refractivity contribution in [3.05, 3.63) is 35.4 Å². The molecule has 0 aliphatic heterocycles. The topological polar surface area (TPSA) is 29.1 Å². The van der Waals surface area contributed by atoms with Crippen molar-refractivity contribution in [2.75, 3.05) is 5.33 Å². The summed E-state index contributed by atoms with van der Waals surface area (Å²) in [5.41, 5.74) is -0.593. The average molecular weight is 306 g/mol. The maximum atomic E-state index is 13.4. The van der Waals surface area contributed by atoms with Gasteiger partial charge in [-0.15, -0.1) is 0 Å². The normalized spacial score (nSPS) is 14.2. The van der Waals surface area contributed by atoms with Crippen molar-refractivity contribution in [1.82, 2.24) is 5.32 Å². The summed E-state index contributed by atoms with van der Waals surface area (Å²) in [4.78, 5) is 11.8. The molecule has 17 heavy (non-hydrogen) atoms. The molecule has 0 saturated heterocycles. The molecule has 0 saturated carbocycles. The van der Waals surface area contributed by atoms with Crippen LogP contribution in [-0.4, -0.2) is 16.8 Å². The molecule has 0 bridgehead atoms. The van der Waals surface area contributed by atoms with Crippen molar-refractivity contribution in [2.45, 2.75) is 25.8 Å². The Morgan fingerprint density at radius 2 is 2.12 bits per heavy atom. The summed E-state index contributed by atoms with van der Waals surface area (Å²) in [5.74, 6) is -2.08. The van der Waals surface area contributed by atoms with Crippen LogP contribution >= 0.6 is 15.9 Å². The first-order chi connectivity index (χ1) is 7.91. The Balaban J connectivity index is 2.90. The van der Waals surface area contributed by atoms with E-state index in [0.29, 0.717) is 17.8 Å². The summed E-state index contributed by atoms with van der Waals surface area (Å²) in [6, 6.07) is 2.91. The second-order valence-electron chi connectivity index (χ2n) is 4.13. The van der Waals surface area contributed by atoms with E-state index >= 15 is 0 Å². The molecule has 0 aliphatic rings. The lowest BCUT2D eigenvalue weighted by Gasteiger charge is -2.27. The number of nitrogens with one attached hydrogen (secondary N) is 1. The maximum Gasteiger partial charge on any atom is 0.254 e. The number of amides is 1. The molecule has 1 unspecified atom stereocenters. The number of hydrogen-bond acceptors (Lipinski definition) is 1. The second-order valence-corrected chi connectivity index (χ2v) is 4.69. The third-order valence-corrected chi connectivity index (χ3v) is 3.90. The van der Waals surface area contributed by atoms with Crippen LogP contribution in [0.4, 0.5) is 8.78 Å². The van der Waals surface area contributed by atoms with Gasteiger partial charge in [0.25, 0.3) is 5.91 Å². The van der Waals surface area contributed by atoms with E-state index in [2.05, 4.69) is 21.2 Å². The highest BCUT2D eigenvalue weighted by Crippen LogP contribution is 2.15. The first kappa shape index (κ1) is 14.1. The van der Waals surface area contributed by atoms with Crippen molar-refractivity contribution >= 4 is 21.8 Å². The van der Waals surface area contributed by atoms with Gasteiger partial charge in [-0.1, -0.05) is 22.9 Å². The number of carbonyl (C=O) groups excluding carboxylic acids is 1. The molecule has 0 aliphatic carbocycles. The van der Waals surface area contributed by atoms with E-state index in [1.165, 1.54) is 0 Å². The van der Waals surface area contributed by atoms with E-state index in [-0.39, 0.29) is 5.56 Å². The Morgan fingerprint density at radius 1 is 1.47 bits per heavy atom. The SMILES string of the molecule is CCC(C)(CBr)NC(=O)c1ccc(F)cc1F. The zero-order valence-electron chi connectivity index (χ0n) is 9.69. The van der Waals surface area contributed by atoms with E-state index < -0.39 is 23.1 Å². The molecule has 5 heteroatoms. The highest BCUT2D eigenvalue weighted by molar-refractivity contribution is 9.09. The number of hydrogen-bond donors (Lipinski definition) is 1. The second kappa shape index (κ2) is 5.58. The van der Waals surface area contributed by atoms with Crippen LogP contribution in [0.5, 0.6) is 0 Å². The van der Waals surface area contributed by atoms with Gasteiger partial charge in [0.2, 0.25) is 0 Å². The number of carbonyl (C=O) groups is 1. The Kier molecular flexibility index (Phi) is 4.62. The van der Waals surface area contributed by atoms with Gasteiger partial charge in [0.1, 0.15) is 11.6 Å². The summed E-state index contributed by atoms with van der Waals surface area (Å²) in [6.07, 6.45) is 0.701. The van der Waals surface area contributed by atoms with Crippen molar-refractivity contribution in [3.63, 3.8) is 0 Å². The molecule has 1 amide bonds. The van der Waals surface area contributed by atoms with Crippen LogP contribution in [0.3, 0.4) is 0 Å². The monoisotopic (exact) mass is 305 g/mol. The summed E-state index contributed by atoms with van der Waals surface area (Å²) < 4.78 is 26.1. The van der Waals surface area contributed by atoms with Crippen molar-refractivity contribution in [1.29, 1.82) is 0 Å². The van der Waals surface area contributed by atoms with Gasteiger partial charge in [0, 0.05) is 16.9 Å². The molecular formula is C12H14BrF2NO. The predicted octanol–water partition coefficient (Wildman–Crippen LogP) is 3.26. The molecule has 0 heterocycles. The van der Waals surface area contributed by atoms with Crippen molar-refractivity contribution < 1.29 is 13.6 Å². The number of rotatable bonds is 4. The molecule has 94 valence electrons. The minimum Gasteiger partial charge on any atom is -0.346 e. The average Bonchev–Trinajstić information content (AvgIpc) is 2.28. The fraction of sp³-hybridized carbons (Fsp3) is 0.417. The minimum atomic E-state index is -0.851. The van der Waals surface area contributed by atoms with Gasteiger partial charge >= 0.3 is 0 Å². The first-order valence-electron chi connectivity index (χ1n) is 5.25. The van der Waals surface area contributed by atoms with Gasteiger partial charge in [0.05, 0.1) is 5.56 Å². The summed E-state index contributed by atoms with van der Waals surface area (Å²) in [6.45, 7) is 3.77. The van der Waals surface area contributed by atoms with E-state index in [0.717, 1.165) is 12.1 Å². The summed E-state index contributed by atoms with van der Waals surface area (Å²) >= 11 is 3.29. The first-order valence-corrected chi connectivity index (χ1v) is 6.37. The van der Waals surface area contributed by atoms with E-state index in [1.807, 2.05) is 13.8 Å². The Hall–Kier alpha value is -0.970. The Morgan fingerprint density at radius 3 is 2.59 bits per heavy atom. The molecular weight excluding hydrogens is 292 g/mol. The zero-order valence-corrected chi connectivity index (χ0v) is 11.3. The molecule has 1 aromatic rings. The fourth-order valence-corrected chi connectivity index (χ4v) is 1.77. The maximum absolute atomic E-state index is 13.4. The third kappa shape index (κ3) is 3.49. The minimum absolute atomic E-state index is 0.146. The van der Waals surface area contributed by atoms with Gasteiger partial charge in [-0.2, -0.15) is 0 Å². The van der Waals surface area contributed by atoms with Gasteiger partial charge in [-0.05, 0) is 25.5 Å². The molecule has 1 rings (SSSR count). The molecule has 0 fully saturated rings. The van der Waals surface area contributed by atoms with Crippen LogP contribution in [0.2, 0.25) is 0 Å². The highest BCUT2D eigenvalue weighted by atomic mass is 79.9. The van der Waals surface area contributed by atoms with Crippen LogP contribution in [0.1, 0.15) is 30.6 Å². The van der Waals surface area contributed by atoms with Crippen LogP contribution in [0.25, 0.3) is 0 Å². The molecule has 0 spiro atoms. The highest BCUT2D eigenvalue weighted by Gasteiger charge is 2.24. The van der Waals surface area contributed by atoms with Crippen LogP contribution < -0.4 is 5.32 Å². The van der Waals surface area contributed by atoms with Crippen LogP contribution in [-0.2, 0) is 0 Å². The van der Waals surface area contributed by atoms with Gasteiger partial charge in [-0.25, -0.2) is 8.78 Å². The van der Waals surface area contributed by atoms with Crippen LogP contribution in [0, 0.1) is 11.6 Å². The number of benzene rings is 1. The van der Waals surface area contributed by atoms with E-state index in [9.17, 15) is 13.6 Å². The molecule has 2 nitrogen and oxygen atoms in total. The Bertz CT molecular complexity index is 419. The van der Waals surface area contributed by atoms with E-state index in [4.69, 9.17) is 0 Å². The third-order valence-electron chi connectivity index (χ3n) is 2.67. The molecule has 0 aromatic heterocycles. The van der Waals surface area contributed by atoms with Crippen LogP contribution in [0.15, 0.2) is 18.2 Å². The van der Waals surface area contributed by atoms with Gasteiger partial charge in [0.15, 0.2) is 0 Å².